The molecule has 0 aliphatic heterocycles. The van der Waals surface area contributed by atoms with Crippen LogP contribution in [0, 0.1) is 12.3 Å². The summed E-state index contributed by atoms with van der Waals surface area (Å²) in [5, 5.41) is 5.63. The van der Waals surface area contributed by atoms with E-state index >= 15 is 0 Å². The topological polar surface area (TPSA) is 100 Å². The summed E-state index contributed by atoms with van der Waals surface area (Å²) in [5.41, 5.74) is 2.48. The molecule has 0 aliphatic rings. The molecule has 0 atom stereocenters. The Bertz CT molecular complexity index is 907. The third-order valence-corrected chi connectivity index (χ3v) is 4.36. The number of aryl methyl sites for hydroxylation is 1. The summed E-state index contributed by atoms with van der Waals surface area (Å²) in [6, 6.07) is 6.91. The lowest BCUT2D eigenvalue weighted by molar-refractivity contribution is -0.123. The Kier molecular flexibility index (Phi) is 6.28. The van der Waals surface area contributed by atoms with Crippen LogP contribution in [0.25, 0.3) is 0 Å². The summed E-state index contributed by atoms with van der Waals surface area (Å²) in [7, 11) is 1.31. The lowest BCUT2D eigenvalue weighted by Crippen LogP contribution is -2.27. The van der Waals surface area contributed by atoms with Gasteiger partial charge in [-0.15, -0.1) is 0 Å². The van der Waals surface area contributed by atoms with Crippen LogP contribution in [0.4, 0.5) is 11.4 Å². The predicted molar refractivity (Wildman–Crippen MR) is 109 cm³/mol. The summed E-state index contributed by atoms with van der Waals surface area (Å²) in [5.74, 6) is -0.968. The number of H-pyrrole nitrogens is 1. The molecular weight excluding hydrogens is 358 g/mol. The zero-order chi connectivity index (χ0) is 21.1. The second-order valence-corrected chi connectivity index (χ2v) is 7.56. The quantitative estimate of drug-likeness (QED) is 0.679. The van der Waals surface area contributed by atoms with Crippen molar-refractivity contribution in [1.82, 2.24) is 4.98 Å². The molecule has 1 aromatic heterocycles. The number of benzene rings is 1. The van der Waals surface area contributed by atoms with Crippen molar-refractivity contribution in [3.05, 3.63) is 46.8 Å². The number of carbonyl (C=O) groups excluding carboxylic acids is 3. The lowest BCUT2D eigenvalue weighted by atomic mass is 9.95. The van der Waals surface area contributed by atoms with Crippen LogP contribution in [0.2, 0.25) is 0 Å². The van der Waals surface area contributed by atoms with E-state index in [1.807, 2.05) is 27.7 Å². The van der Waals surface area contributed by atoms with E-state index in [1.165, 1.54) is 7.11 Å². The maximum atomic E-state index is 12.7. The number of nitrogens with one attached hydrogen (secondary N) is 3. The summed E-state index contributed by atoms with van der Waals surface area (Å²) < 4.78 is 4.82. The van der Waals surface area contributed by atoms with Crippen LogP contribution in [-0.4, -0.2) is 29.9 Å². The maximum Gasteiger partial charge on any atom is 0.339 e. The molecule has 0 radical (unpaired) electrons. The first kappa shape index (κ1) is 21.2. The highest BCUT2D eigenvalue weighted by Gasteiger charge is 2.24. The van der Waals surface area contributed by atoms with Crippen molar-refractivity contribution in [2.24, 2.45) is 5.41 Å². The van der Waals surface area contributed by atoms with E-state index in [0.29, 0.717) is 40.3 Å². The Morgan fingerprint density at radius 1 is 1.11 bits per heavy atom. The van der Waals surface area contributed by atoms with Gasteiger partial charge in [0, 0.05) is 22.5 Å². The molecule has 0 unspecified atom stereocenters. The van der Waals surface area contributed by atoms with Gasteiger partial charge in [-0.05, 0) is 37.1 Å². The molecule has 0 spiro atoms. The van der Waals surface area contributed by atoms with Crippen molar-refractivity contribution in [2.45, 2.75) is 41.0 Å². The van der Waals surface area contributed by atoms with Gasteiger partial charge in [-0.25, -0.2) is 4.79 Å². The van der Waals surface area contributed by atoms with Gasteiger partial charge in [-0.2, -0.15) is 0 Å². The highest BCUT2D eigenvalue weighted by molar-refractivity contribution is 6.07. The van der Waals surface area contributed by atoms with Gasteiger partial charge in [0.2, 0.25) is 5.91 Å². The van der Waals surface area contributed by atoms with Gasteiger partial charge in [0.15, 0.2) is 0 Å². The minimum atomic E-state index is -0.526. The molecule has 0 saturated heterocycles. The number of methoxy groups -OCH3 is 1. The van der Waals surface area contributed by atoms with Crippen LogP contribution in [0.3, 0.4) is 0 Å². The SMILES string of the molecule is CCc1[nH]c(C(=O)Nc2cccc(NC(=O)C(C)(C)C)c2)c(C)c1C(=O)OC. The number of ether oxygens (including phenoxy) is 1. The Labute approximate surface area is 164 Å². The van der Waals surface area contributed by atoms with E-state index in [-0.39, 0.29) is 11.8 Å². The van der Waals surface area contributed by atoms with Crippen molar-refractivity contribution < 1.29 is 19.1 Å². The number of amides is 2. The molecular formula is C21H27N3O4. The largest absolute Gasteiger partial charge is 0.465 e. The molecule has 2 amide bonds. The highest BCUT2D eigenvalue weighted by Crippen LogP contribution is 2.23. The Morgan fingerprint density at radius 2 is 1.71 bits per heavy atom. The molecule has 3 N–H and O–H groups in total. The fraction of sp³-hybridized carbons (Fsp3) is 0.381. The molecule has 1 heterocycles. The Hall–Kier alpha value is -3.09. The number of carbonyl (C=O) groups is 3. The average Bonchev–Trinajstić information content (AvgIpc) is 2.97. The summed E-state index contributed by atoms with van der Waals surface area (Å²) >= 11 is 0. The van der Waals surface area contributed by atoms with Crippen LogP contribution >= 0.6 is 0 Å². The van der Waals surface area contributed by atoms with E-state index in [2.05, 4.69) is 15.6 Å². The monoisotopic (exact) mass is 385 g/mol. The molecule has 0 bridgehead atoms. The molecule has 150 valence electrons. The van der Waals surface area contributed by atoms with Gasteiger partial charge >= 0.3 is 5.97 Å². The number of rotatable bonds is 5. The minimum Gasteiger partial charge on any atom is -0.465 e. The fourth-order valence-corrected chi connectivity index (χ4v) is 2.72. The molecule has 1 aromatic carbocycles. The summed E-state index contributed by atoms with van der Waals surface area (Å²) in [6.07, 6.45) is 0.562. The molecule has 2 aromatic rings. The van der Waals surface area contributed by atoms with Crippen molar-refractivity contribution >= 4 is 29.2 Å². The number of aromatic nitrogens is 1. The third kappa shape index (κ3) is 4.60. The lowest BCUT2D eigenvalue weighted by Gasteiger charge is -2.18. The molecule has 0 aliphatic carbocycles. The maximum absolute atomic E-state index is 12.7. The van der Waals surface area contributed by atoms with Gasteiger partial charge in [0.1, 0.15) is 5.69 Å². The number of hydrogen-bond acceptors (Lipinski definition) is 4. The molecule has 7 nitrogen and oxygen atoms in total. The number of esters is 1. The zero-order valence-electron chi connectivity index (χ0n) is 17.1. The standard InChI is InChI=1S/C21H27N3O4/c1-7-15-16(19(26)28-6)12(2)17(24-15)18(25)22-13-9-8-10-14(11-13)23-20(27)21(3,4)5/h8-11,24H,7H2,1-6H3,(H,22,25)(H,23,27). The summed E-state index contributed by atoms with van der Waals surface area (Å²) in [4.78, 5) is 39.9. The van der Waals surface area contributed by atoms with Crippen molar-refractivity contribution in [3.63, 3.8) is 0 Å². The fourth-order valence-electron chi connectivity index (χ4n) is 2.72. The molecule has 28 heavy (non-hydrogen) atoms. The van der Waals surface area contributed by atoms with Gasteiger partial charge in [0.25, 0.3) is 5.91 Å². The average molecular weight is 385 g/mol. The number of anilines is 2. The zero-order valence-corrected chi connectivity index (χ0v) is 17.1. The smallest absolute Gasteiger partial charge is 0.339 e. The van der Waals surface area contributed by atoms with Crippen LogP contribution in [-0.2, 0) is 16.0 Å². The van der Waals surface area contributed by atoms with E-state index in [1.54, 1.807) is 31.2 Å². The summed E-state index contributed by atoms with van der Waals surface area (Å²) in [6.45, 7) is 9.07. The first-order chi connectivity index (χ1) is 13.1. The van der Waals surface area contributed by atoms with E-state index in [9.17, 15) is 14.4 Å². The Morgan fingerprint density at radius 3 is 2.25 bits per heavy atom. The van der Waals surface area contributed by atoms with Gasteiger partial charge < -0.3 is 20.4 Å². The highest BCUT2D eigenvalue weighted by atomic mass is 16.5. The van der Waals surface area contributed by atoms with Gasteiger partial charge in [-0.3, -0.25) is 9.59 Å². The predicted octanol–water partition coefficient (Wildman–Crippen LogP) is 3.91. The van der Waals surface area contributed by atoms with Crippen LogP contribution < -0.4 is 10.6 Å². The van der Waals surface area contributed by atoms with Crippen molar-refractivity contribution in [2.75, 3.05) is 17.7 Å². The first-order valence-corrected chi connectivity index (χ1v) is 9.11. The van der Waals surface area contributed by atoms with E-state index in [0.717, 1.165) is 0 Å². The molecule has 7 heteroatoms. The van der Waals surface area contributed by atoms with Crippen LogP contribution in [0.5, 0.6) is 0 Å². The molecule has 0 fully saturated rings. The van der Waals surface area contributed by atoms with E-state index < -0.39 is 11.4 Å². The minimum absolute atomic E-state index is 0.119. The Balaban J connectivity index is 2.24. The van der Waals surface area contributed by atoms with Crippen LogP contribution in [0.15, 0.2) is 24.3 Å². The first-order valence-electron chi connectivity index (χ1n) is 9.11. The third-order valence-electron chi connectivity index (χ3n) is 4.36. The van der Waals surface area contributed by atoms with E-state index in [4.69, 9.17) is 4.74 Å². The van der Waals surface area contributed by atoms with Gasteiger partial charge in [-0.1, -0.05) is 33.8 Å². The second-order valence-electron chi connectivity index (χ2n) is 7.56. The molecule has 2 rings (SSSR count). The van der Waals surface area contributed by atoms with Gasteiger partial charge in [0.05, 0.1) is 12.7 Å². The van der Waals surface area contributed by atoms with Crippen molar-refractivity contribution in [3.8, 4) is 0 Å². The molecule has 0 saturated carbocycles. The van der Waals surface area contributed by atoms with Crippen LogP contribution in [0.1, 0.15) is 59.8 Å². The number of aromatic amines is 1. The second kappa shape index (κ2) is 8.29. The van der Waals surface area contributed by atoms with Crippen molar-refractivity contribution in [1.29, 1.82) is 0 Å². The number of hydrogen-bond donors (Lipinski definition) is 3. The normalized spacial score (nSPS) is 11.1.